The normalized spacial score (nSPS) is 10.7. The van der Waals surface area contributed by atoms with Crippen LogP contribution in [0.4, 0.5) is 5.69 Å². The monoisotopic (exact) mass is 672 g/mol. The molecule has 0 saturated heterocycles. The highest BCUT2D eigenvalue weighted by Crippen LogP contribution is 2.44. The van der Waals surface area contributed by atoms with Crippen LogP contribution in [0.5, 0.6) is 0 Å². The number of methoxy groups -OCH3 is 1. The Morgan fingerprint density at radius 3 is 2.15 bits per heavy atom. The summed E-state index contributed by atoms with van der Waals surface area (Å²) < 4.78 is 16.0. The van der Waals surface area contributed by atoms with Crippen LogP contribution in [0.3, 0.4) is 0 Å². The molecule has 2 aromatic rings. The van der Waals surface area contributed by atoms with Crippen LogP contribution in [0.1, 0.15) is 45.0 Å². The average Bonchev–Trinajstić information content (AvgIpc) is 2.93. The Bertz CT molecular complexity index is 1560. The molecule has 1 aliphatic carbocycles. The van der Waals surface area contributed by atoms with Gasteiger partial charge in [0.1, 0.15) is 24.4 Å². The van der Waals surface area contributed by atoms with Gasteiger partial charge >= 0.3 is 5.97 Å². The highest BCUT2D eigenvalue weighted by atomic mass is 79.9. The highest BCUT2D eigenvalue weighted by molar-refractivity contribution is 9.10. The van der Waals surface area contributed by atoms with Crippen molar-refractivity contribution in [2.45, 2.75) is 34.6 Å². The summed E-state index contributed by atoms with van der Waals surface area (Å²) in [6.45, 7) is 13.1. The lowest BCUT2D eigenvalue weighted by molar-refractivity contribution is -0.302. The molecule has 1 aliphatic heterocycles. The second-order valence-corrected chi connectivity index (χ2v) is 10.7. The van der Waals surface area contributed by atoms with Gasteiger partial charge in [-0.1, -0.05) is 18.2 Å². The number of ether oxygens (including phenoxy) is 1. The predicted molar refractivity (Wildman–Crippen MR) is 166 cm³/mol. The molecule has 9 heteroatoms. The maximum Gasteiger partial charge on any atom is 0.338 e. The van der Waals surface area contributed by atoms with E-state index in [1.165, 1.54) is 7.11 Å². The SMILES string of the molecule is CC(=O)[O-].CCN(CC)c1cc2oc3cc(=[N+](CC)CC)c(Br)cc-3c(-c3ccccc3C(=O)OC)c2cc1Br. The first kappa shape index (κ1) is 31.4. The van der Waals surface area contributed by atoms with Gasteiger partial charge in [0.25, 0.3) is 0 Å². The van der Waals surface area contributed by atoms with Crippen LogP contribution in [0, 0.1) is 0 Å². The summed E-state index contributed by atoms with van der Waals surface area (Å²) in [6, 6.07) is 16.0. The van der Waals surface area contributed by atoms with Crippen LogP contribution in [-0.2, 0) is 9.53 Å². The number of carbonyl (C=O) groups excluding carboxylic acids is 2. The third-order valence-electron chi connectivity index (χ3n) is 6.67. The molecule has 1 heterocycles. The summed E-state index contributed by atoms with van der Waals surface area (Å²) in [7, 11) is 1.41. The summed E-state index contributed by atoms with van der Waals surface area (Å²) in [5.74, 6) is -0.694. The minimum absolute atomic E-state index is 0.370. The first-order valence-corrected chi connectivity index (χ1v) is 14.8. The summed E-state index contributed by atoms with van der Waals surface area (Å²) in [5, 5.41) is 10.9. The Kier molecular flexibility index (Phi) is 10.9. The van der Waals surface area contributed by atoms with E-state index in [1.54, 1.807) is 0 Å². The molecule has 0 N–H and O–H groups in total. The van der Waals surface area contributed by atoms with Gasteiger partial charge in [-0.25, -0.2) is 9.37 Å². The number of carboxylic acids is 1. The van der Waals surface area contributed by atoms with Crippen molar-refractivity contribution in [1.29, 1.82) is 0 Å². The number of esters is 1. The van der Waals surface area contributed by atoms with Crippen LogP contribution in [-0.4, -0.2) is 45.2 Å². The van der Waals surface area contributed by atoms with Gasteiger partial charge in [-0.2, -0.15) is 0 Å². The molecule has 0 radical (unpaired) electrons. The molecule has 7 nitrogen and oxygen atoms in total. The van der Waals surface area contributed by atoms with Crippen molar-refractivity contribution in [1.82, 2.24) is 4.58 Å². The van der Waals surface area contributed by atoms with Crippen molar-refractivity contribution >= 4 is 60.5 Å². The molecule has 0 aromatic heterocycles. The van der Waals surface area contributed by atoms with Crippen molar-refractivity contribution in [3.05, 3.63) is 68.4 Å². The number of anilines is 1. The first-order valence-electron chi connectivity index (χ1n) is 13.2. The highest BCUT2D eigenvalue weighted by Gasteiger charge is 2.25. The van der Waals surface area contributed by atoms with Crippen molar-refractivity contribution in [2.24, 2.45) is 0 Å². The lowest BCUT2D eigenvalue weighted by Crippen LogP contribution is -2.30. The van der Waals surface area contributed by atoms with Gasteiger partial charge in [-0.15, -0.1) is 0 Å². The number of benzene rings is 3. The Balaban J connectivity index is 0.00000103. The molecular formula is C31H34Br2N2O5. The van der Waals surface area contributed by atoms with Crippen molar-refractivity contribution < 1.29 is 23.8 Å². The standard InChI is InChI=1S/C29H31Br2N2O3.C2H4O2/c1-6-32(7-2)24-16-26-20(14-22(24)30)28(18-12-10-11-13-19(18)29(34)35-5)21-15-23(31)25(17-27(21)36-26)33(8-3)9-4;1-2(3)4/h10-17H,6-9H2,1-5H3;1H3,(H,3,4)/q+1;/p-1. The predicted octanol–water partition coefficient (Wildman–Crippen LogP) is 5.93. The maximum absolute atomic E-state index is 12.8. The minimum Gasteiger partial charge on any atom is -0.550 e. The molecule has 0 saturated carbocycles. The Hall–Kier alpha value is -3.17. The molecule has 2 aliphatic rings. The number of carbonyl (C=O) groups is 2. The maximum atomic E-state index is 12.8. The zero-order chi connectivity index (χ0) is 29.6. The zero-order valence-electron chi connectivity index (χ0n) is 23.6. The topological polar surface area (TPSA) is 85.8 Å². The van der Waals surface area contributed by atoms with Gasteiger partial charge in [0.15, 0.2) is 0 Å². The number of hydrogen-bond donors (Lipinski definition) is 0. The molecule has 4 rings (SSSR count). The number of hydrogen-bond acceptors (Lipinski definition) is 6. The molecule has 0 spiro atoms. The van der Waals surface area contributed by atoms with Gasteiger partial charge in [-0.3, -0.25) is 0 Å². The number of rotatable bonds is 7. The fourth-order valence-corrected chi connectivity index (χ4v) is 5.99. The van der Waals surface area contributed by atoms with Crippen LogP contribution in [0.15, 0.2) is 61.9 Å². The third-order valence-corrected chi connectivity index (χ3v) is 7.94. The second-order valence-electron chi connectivity index (χ2n) is 8.95. The third kappa shape index (κ3) is 6.58. The van der Waals surface area contributed by atoms with Crippen LogP contribution >= 0.6 is 31.9 Å². The molecule has 2 aromatic carbocycles. The molecule has 212 valence electrons. The summed E-state index contributed by atoms with van der Waals surface area (Å²) in [6.07, 6.45) is 0. The zero-order valence-corrected chi connectivity index (χ0v) is 26.8. The number of fused-ring (bicyclic) bond motifs is 2. The van der Waals surface area contributed by atoms with Crippen molar-refractivity contribution in [3.63, 3.8) is 0 Å². The molecule has 0 bridgehead atoms. The van der Waals surface area contributed by atoms with E-state index in [4.69, 9.17) is 19.1 Å². The van der Waals surface area contributed by atoms with Crippen LogP contribution in [0.2, 0.25) is 0 Å². The molecule has 0 amide bonds. The molecule has 40 heavy (non-hydrogen) atoms. The van der Waals surface area contributed by atoms with Crippen molar-refractivity contribution in [3.8, 4) is 22.5 Å². The van der Waals surface area contributed by atoms with Crippen LogP contribution in [0.25, 0.3) is 33.4 Å². The average molecular weight is 674 g/mol. The summed E-state index contributed by atoms with van der Waals surface area (Å²) >= 11 is 7.61. The van der Waals surface area contributed by atoms with E-state index >= 15 is 0 Å². The van der Waals surface area contributed by atoms with Crippen LogP contribution < -0.4 is 19.9 Å². The van der Waals surface area contributed by atoms with E-state index in [1.807, 2.05) is 24.3 Å². The Labute approximate surface area is 251 Å². The van der Waals surface area contributed by atoms with E-state index < -0.39 is 5.97 Å². The molecule has 0 atom stereocenters. The summed E-state index contributed by atoms with van der Waals surface area (Å²) in [5.41, 5.74) is 5.01. The van der Waals surface area contributed by atoms with Gasteiger partial charge in [0.2, 0.25) is 5.36 Å². The fraction of sp³-hybridized carbons (Fsp3) is 0.323. The summed E-state index contributed by atoms with van der Waals surface area (Å²) in [4.78, 5) is 24.0. The number of carboxylic acid groups (broad SMARTS) is 1. The number of halogens is 2. The minimum atomic E-state index is -1.08. The lowest BCUT2D eigenvalue weighted by atomic mass is 9.90. The van der Waals surface area contributed by atoms with E-state index in [2.05, 4.69) is 93.3 Å². The molecule has 0 fully saturated rings. The largest absolute Gasteiger partial charge is 0.550 e. The van der Waals surface area contributed by atoms with Gasteiger partial charge in [0, 0.05) is 46.1 Å². The van der Waals surface area contributed by atoms with Crippen molar-refractivity contribution in [2.75, 3.05) is 38.2 Å². The first-order chi connectivity index (χ1) is 19.1. The van der Waals surface area contributed by atoms with Gasteiger partial charge in [-0.05, 0) is 90.2 Å². The molecule has 0 unspecified atom stereocenters. The lowest BCUT2D eigenvalue weighted by Gasteiger charge is -2.24. The number of nitrogens with zero attached hydrogens (tertiary/aromatic N) is 2. The van der Waals surface area contributed by atoms with Gasteiger partial charge < -0.3 is 24.0 Å². The van der Waals surface area contributed by atoms with E-state index in [0.29, 0.717) is 5.56 Å². The number of aliphatic carboxylic acids is 1. The van der Waals surface area contributed by atoms with Gasteiger partial charge in [0.05, 0.1) is 28.9 Å². The quantitative estimate of drug-likeness (QED) is 0.137. The second kappa shape index (κ2) is 13.9. The Morgan fingerprint density at radius 1 is 0.950 bits per heavy atom. The van der Waals surface area contributed by atoms with E-state index in [-0.39, 0.29) is 5.97 Å². The smallest absolute Gasteiger partial charge is 0.338 e. The van der Waals surface area contributed by atoms with E-state index in [9.17, 15) is 4.79 Å². The van der Waals surface area contributed by atoms with E-state index in [0.717, 1.165) is 86.5 Å². The molecular weight excluding hydrogens is 640 g/mol. The fourth-order valence-electron chi connectivity index (χ4n) is 4.80. The Morgan fingerprint density at radius 2 is 1.57 bits per heavy atom.